The predicted octanol–water partition coefficient (Wildman–Crippen LogP) is 3.55. The summed E-state index contributed by atoms with van der Waals surface area (Å²) in [6.07, 6.45) is 3.96. The van der Waals surface area contributed by atoms with E-state index in [2.05, 4.69) is 34.1 Å². The molecule has 0 fully saturated rings. The van der Waals surface area contributed by atoms with Gasteiger partial charge in [-0.1, -0.05) is 36.7 Å². The van der Waals surface area contributed by atoms with Crippen molar-refractivity contribution in [3.63, 3.8) is 0 Å². The van der Waals surface area contributed by atoms with Gasteiger partial charge in [0.05, 0.1) is 35.7 Å². The van der Waals surface area contributed by atoms with Gasteiger partial charge in [0.1, 0.15) is 11.5 Å². The van der Waals surface area contributed by atoms with Crippen molar-refractivity contribution in [2.45, 2.75) is 32.8 Å². The zero-order valence-electron chi connectivity index (χ0n) is 19.1. The Balaban J connectivity index is 2.01. The highest BCUT2D eigenvalue weighted by atomic mass is 35.5. The molecule has 168 valence electrons. The van der Waals surface area contributed by atoms with Crippen molar-refractivity contribution >= 4 is 22.5 Å². The highest BCUT2D eigenvalue weighted by molar-refractivity contribution is 6.36. The van der Waals surface area contributed by atoms with Gasteiger partial charge in [-0.3, -0.25) is 0 Å². The van der Waals surface area contributed by atoms with Gasteiger partial charge < -0.3 is 14.4 Å². The van der Waals surface area contributed by atoms with Crippen LogP contribution in [0.15, 0.2) is 30.6 Å². The zero-order valence-corrected chi connectivity index (χ0v) is 19.8. The molecule has 4 rings (SSSR count). The number of benzene rings is 1. The van der Waals surface area contributed by atoms with Crippen LogP contribution in [0.5, 0.6) is 5.88 Å². The summed E-state index contributed by atoms with van der Waals surface area (Å²) in [6.45, 7) is 6.13. The number of aryl methyl sites for hydroxylation is 2. The summed E-state index contributed by atoms with van der Waals surface area (Å²) < 4.78 is 8.94. The third-order valence-electron chi connectivity index (χ3n) is 5.88. The van der Waals surface area contributed by atoms with Crippen LogP contribution < -0.4 is 4.74 Å². The summed E-state index contributed by atoms with van der Waals surface area (Å²) in [5.74, 6) is 1.68. The average Bonchev–Trinajstić information content (AvgIpc) is 3.34. The van der Waals surface area contributed by atoms with Crippen LogP contribution in [0.3, 0.4) is 0 Å². The quantitative estimate of drug-likeness (QED) is 0.479. The van der Waals surface area contributed by atoms with Gasteiger partial charge in [0.25, 0.3) is 0 Å². The van der Waals surface area contributed by atoms with Crippen LogP contribution in [-0.2, 0) is 26.1 Å². The lowest BCUT2D eigenvalue weighted by Crippen LogP contribution is -2.33. The number of ether oxygens (including phenoxy) is 1. The van der Waals surface area contributed by atoms with Gasteiger partial charge in [0.15, 0.2) is 5.60 Å². The van der Waals surface area contributed by atoms with Crippen molar-refractivity contribution in [1.82, 2.24) is 29.5 Å². The molecular formula is C23H27ClN6O2. The van der Waals surface area contributed by atoms with Crippen LogP contribution in [0.25, 0.3) is 10.9 Å². The maximum Gasteiger partial charge on any atom is 0.218 e. The largest absolute Gasteiger partial charge is 0.481 e. The Morgan fingerprint density at radius 3 is 2.50 bits per heavy atom. The van der Waals surface area contributed by atoms with Gasteiger partial charge in [0, 0.05) is 25.0 Å². The first-order chi connectivity index (χ1) is 15.2. The van der Waals surface area contributed by atoms with E-state index in [-0.39, 0.29) is 0 Å². The van der Waals surface area contributed by atoms with Gasteiger partial charge in [0.2, 0.25) is 5.88 Å². The molecule has 1 aromatic carbocycles. The number of hydrogen-bond donors (Lipinski definition) is 1. The second-order valence-corrected chi connectivity index (χ2v) is 8.82. The first-order valence-corrected chi connectivity index (χ1v) is 10.8. The summed E-state index contributed by atoms with van der Waals surface area (Å²) in [5, 5.41) is 21.6. The summed E-state index contributed by atoms with van der Waals surface area (Å²) >= 11 is 6.88. The number of fused-ring (bicyclic) bond motifs is 1. The van der Waals surface area contributed by atoms with Crippen LogP contribution in [-0.4, -0.2) is 41.7 Å². The van der Waals surface area contributed by atoms with E-state index in [1.807, 2.05) is 36.7 Å². The number of hydrogen-bond acceptors (Lipinski definition) is 6. The van der Waals surface area contributed by atoms with Crippen molar-refractivity contribution in [1.29, 1.82) is 0 Å². The summed E-state index contributed by atoms with van der Waals surface area (Å²) in [7, 11) is 5.22. The molecule has 0 spiro atoms. The Labute approximate surface area is 191 Å². The smallest absolute Gasteiger partial charge is 0.218 e. The SMILES string of the molecule is COc1nc2ccc([C@@](O)(c3cnnn3C)c3cnc(C)n3C)cc2c(Cl)c1CC(C)C. The van der Waals surface area contributed by atoms with E-state index in [0.29, 0.717) is 39.3 Å². The van der Waals surface area contributed by atoms with Crippen molar-refractivity contribution in [2.75, 3.05) is 7.11 Å². The number of aliphatic hydroxyl groups is 1. The van der Waals surface area contributed by atoms with Gasteiger partial charge in [-0.05, 0) is 37.0 Å². The number of nitrogens with zero attached hydrogens (tertiary/aromatic N) is 6. The molecule has 0 aliphatic carbocycles. The van der Waals surface area contributed by atoms with Crippen LogP contribution in [0.2, 0.25) is 5.02 Å². The van der Waals surface area contributed by atoms with Gasteiger partial charge in [-0.2, -0.15) is 0 Å². The van der Waals surface area contributed by atoms with Crippen molar-refractivity contribution in [3.05, 3.63) is 64.0 Å². The molecule has 0 radical (unpaired) electrons. The molecule has 3 aromatic heterocycles. The minimum absolute atomic E-state index is 0.374. The van der Waals surface area contributed by atoms with Crippen molar-refractivity contribution in [2.24, 2.45) is 20.0 Å². The van der Waals surface area contributed by atoms with E-state index in [9.17, 15) is 5.11 Å². The number of halogens is 1. The first kappa shape index (κ1) is 22.2. The molecule has 0 saturated heterocycles. The number of aromatic nitrogens is 6. The Kier molecular flexibility index (Phi) is 5.68. The molecule has 3 heterocycles. The normalized spacial score (nSPS) is 13.7. The number of pyridine rings is 1. The highest BCUT2D eigenvalue weighted by Gasteiger charge is 2.40. The molecule has 0 aliphatic heterocycles. The molecule has 1 atom stereocenters. The highest BCUT2D eigenvalue weighted by Crippen LogP contribution is 2.40. The van der Waals surface area contributed by atoms with Crippen molar-refractivity contribution < 1.29 is 9.84 Å². The Hall–Kier alpha value is -2.97. The van der Waals surface area contributed by atoms with Crippen LogP contribution >= 0.6 is 11.6 Å². The summed E-state index contributed by atoms with van der Waals surface area (Å²) in [5.41, 5.74) is 1.72. The minimum Gasteiger partial charge on any atom is -0.481 e. The monoisotopic (exact) mass is 454 g/mol. The van der Waals surface area contributed by atoms with E-state index in [1.165, 1.54) is 0 Å². The maximum absolute atomic E-state index is 12.2. The topological polar surface area (TPSA) is 90.9 Å². The Morgan fingerprint density at radius 2 is 1.94 bits per heavy atom. The minimum atomic E-state index is -1.55. The number of imidazole rings is 1. The fourth-order valence-electron chi connectivity index (χ4n) is 4.10. The third-order valence-corrected chi connectivity index (χ3v) is 6.31. The fraction of sp³-hybridized carbons (Fsp3) is 0.391. The molecule has 4 aromatic rings. The second-order valence-electron chi connectivity index (χ2n) is 8.45. The summed E-state index contributed by atoms with van der Waals surface area (Å²) in [4.78, 5) is 9.06. The molecular weight excluding hydrogens is 428 g/mol. The van der Waals surface area contributed by atoms with Crippen molar-refractivity contribution in [3.8, 4) is 5.88 Å². The van der Waals surface area contributed by atoms with E-state index in [4.69, 9.17) is 16.3 Å². The lowest BCUT2D eigenvalue weighted by Gasteiger charge is -2.29. The summed E-state index contributed by atoms with van der Waals surface area (Å²) in [6, 6.07) is 5.56. The van der Waals surface area contributed by atoms with Crippen LogP contribution in [0, 0.1) is 12.8 Å². The Morgan fingerprint density at radius 1 is 1.19 bits per heavy atom. The predicted molar refractivity (Wildman–Crippen MR) is 123 cm³/mol. The second kappa shape index (κ2) is 8.18. The van der Waals surface area contributed by atoms with Crippen LogP contribution in [0.1, 0.15) is 42.2 Å². The van der Waals surface area contributed by atoms with E-state index >= 15 is 0 Å². The number of rotatable bonds is 6. The van der Waals surface area contributed by atoms with Gasteiger partial charge >= 0.3 is 0 Å². The average molecular weight is 455 g/mol. The van der Waals surface area contributed by atoms with Gasteiger partial charge in [-0.15, -0.1) is 5.10 Å². The third kappa shape index (κ3) is 3.43. The first-order valence-electron chi connectivity index (χ1n) is 10.4. The number of methoxy groups -OCH3 is 1. The molecule has 1 N–H and O–H groups in total. The van der Waals surface area contributed by atoms with Crippen LogP contribution in [0.4, 0.5) is 0 Å². The standard InChI is InChI=1S/C23H27ClN6O2/c1-13(2)9-17-21(24)16-10-15(7-8-18(16)27-22(17)32-6)23(31,20-12-26-28-30(20)5)19-11-25-14(3)29(19)4/h7-8,10-13,31H,9H2,1-6H3/t23-/m0/s1. The van der Waals surface area contributed by atoms with E-state index < -0.39 is 5.60 Å². The zero-order chi connectivity index (χ0) is 23.2. The lowest BCUT2D eigenvalue weighted by atomic mass is 9.86. The molecule has 0 unspecified atom stereocenters. The molecule has 32 heavy (non-hydrogen) atoms. The molecule has 0 bridgehead atoms. The molecule has 0 saturated carbocycles. The maximum atomic E-state index is 12.2. The fourth-order valence-corrected chi connectivity index (χ4v) is 4.41. The lowest BCUT2D eigenvalue weighted by molar-refractivity contribution is 0.108. The molecule has 9 heteroatoms. The van der Waals surface area contributed by atoms with Gasteiger partial charge in [-0.25, -0.2) is 14.6 Å². The Bertz CT molecular complexity index is 1300. The molecule has 0 amide bonds. The van der Waals surface area contributed by atoms with E-state index in [1.54, 1.807) is 31.2 Å². The van der Waals surface area contributed by atoms with E-state index in [0.717, 1.165) is 23.2 Å². The molecule has 0 aliphatic rings. The molecule has 8 nitrogen and oxygen atoms in total.